The summed E-state index contributed by atoms with van der Waals surface area (Å²) in [6.07, 6.45) is 4.13. The van der Waals surface area contributed by atoms with Crippen molar-refractivity contribution in [3.63, 3.8) is 0 Å². The Morgan fingerprint density at radius 1 is 1.56 bits per heavy atom. The Kier molecular flexibility index (Phi) is 2.50. The first-order valence-corrected chi connectivity index (χ1v) is 4.37. The molecule has 2 heterocycles. The highest BCUT2D eigenvalue weighted by atomic mass is 16.5. The van der Waals surface area contributed by atoms with Crippen LogP contribution in [-0.2, 0) is 7.05 Å². The third-order valence-corrected chi connectivity index (χ3v) is 1.79. The van der Waals surface area contributed by atoms with E-state index in [4.69, 9.17) is 9.84 Å². The Morgan fingerprint density at radius 3 is 3.00 bits per heavy atom. The number of carbonyl (C=O) groups is 1. The summed E-state index contributed by atoms with van der Waals surface area (Å²) in [7, 11) is 1.68. The fraction of sp³-hybridized carbons (Fsp3) is 0.111. The SMILES string of the molecule is Cn1cnc(Oc2cnccc2C(=O)O)n1. The lowest BCUT2D eigenvalue weighted by Gasteiger charge is -2.03. The number of carboxylic acids is 1. The molecular formula is C9H8N4O3. The van der Waals surface area contributed by atoms with E-state index in [1.54, 1.807) is 7.05 Å². The van der Waals surface area contributed by atoms with Crippen LogP contribution in [0.1, 0.15) is 10.4 Å². The summed E-state index contributed by atoms with van der Waals surface area (Å²) in [6.45, 7) is 0. The lowest BCUT2D eigenvalue weighted by atomic mass is 10.2. The molecule has 7 heteroatoms. The summed E-state index contributed by atoms with van der Waals surface area (Å²) < 4.78 is 6.66. The molecule has 0 radical (unpaired) electrons. The topological polar surface area (TPSA) is 90.1 Å². The number of hydrogen-bond donors (Lipinski definition) is 1. The van der Waals surface area contributed by atoms with Gasteiger partial charge in [0.25, 0.3) is 0 Å². The number of hydrogen-bond acceptors (Lipinski definition) is 5. The van der Waals surface area contributed by atoms with Crippen molar-refractivity contribution in [1.82, 2.24) is 19.7 Å². The Bertz CT molecular complexity index is 523. The number of ether oxygens (including phenoxy) is 1. The molecule has 0 amide bonds. The summed E-state index contributed by atoms with van der Waals surface area (Å²) in [6, 6.07) is 1.43. The van der Waals surface area contributed by atoms with Gasteiger partial charge in [-0.1, -0.05) is 0 Å². The molecule has 0 fully saturated rings. The van der Waals surface area contributed by atoms with E-state index in [-0.39, 0.29) is 17.3 Å². The number of aromatic nitrogens is 4. The summed E-state index contributed by atoms with van der Waals surface area (Å²) in [5, 5.41) is 12.8. The quantitative estimate of drug-likeness (QED) is 0.818. The van der Waals surface area contributed by atoms with Gasteiger partial charge in [0.2, 0.25) is 0 Å². The van der Waals surface area contributed by atoms with E-state index >= 15 is 0 Å². The molecule has 7 nitrogen and oxygen atoms in total. The van der Waals surface area contributed by atoms with Gasteiger partial charge in [0.05, 0.1) is 6.20 Å². The van der Waals surface area contributed by atoms with Crippen LogP contribution in [0.4, 0.5) is 0 Å². The molecule has 0 aliphatic heterocycles. The molecule has 0 unspecified atom stereocenters. The van der Waals surface area contributed by atoms with Gasteiger partial charge in [0.15, 0.2) is 5.75 Å². The van der Waals surface area contributed by atoms with E-state index in [9.17, 15) is 4.79 Å². The maximum Gasteiger partial charge on any atom is 0.341 e. The summed E-state index contributed by atoms with van der Waals surface area (Å²) in [5.74, 6) is -0.977. The molecule has 0 spiro atoms. The van der Waals surface area contributed by atoms with Gasteiger partial charge in [-0.15, -0.1) is 5.10 Å². The average molecular weight is 220 g/mol. The molecule has 0 atom stereocenters. The van der Waals surface area contributed by atoms with Crippen LogP contribution in [0.5, 0.6) is 11.8 Å². The molecule has 2 aromatic heterocycles. The molecule has 0 saturated heterocycles. The Balaban J connectivity index is 2.31. The van der Waals surface area contributed by atoms with Gasteiger partial charge in [-0.05, 0) is 6.07 Å². The third-order valence-electron chi connectivity index (χ3n) is 1.79. The van der Waals surface area contributed by atoms with Gasteiger partial charge in [-0.25, -0.2) is 4.79 Å². The lowest BCUT2D eigenvalue weighted by Crippen LogP contribution is -2.01. The lowest BCUT2D eigenvalue weighted by molar-refractivity contribution is 0.0694. The van der Waals surface area contributed by atoms with Crippen molar-refractivity contribution in [2.24, 2.45) is 7.05 Å². The zero-order chi connectivity index (χ0) is 11.5. The molecule has 2 rings (SSSR count). The number of rotatable bonds is 3. The highest BCUT2D eigenvalue weighted by Gasteiger charge is 2.13. The first-order valence-electron chi connectivity index (χ1n) is 4.37. The maximum absolute atomic E-state index is 10.9. The molecule has 1 N–H and O–H groups in total. The molecule has 0 aliphatic carbocycles. The highest BCUT2D eigenvalue weighted by molar-refractivity contribution is 5.90. The fourth-order valence-corrected chi connectivity index (χ4v) is 1.10. The molecular weight excluding hydrogens is 212 g/mol. The molecule has 0 aromatic carbocycles. The van der Waals surface area contributed by atoms with Crippen molar-refractivity contribution in [2.75, 3.05) is 0 Å². The van der Waals surface area contributed by atoms with E-state index in [0.29, 0.717) is 0 Å². The molecule has 0 bridgehead atoms. The van der Waals surface area contributed by atoms with Crippen molar-refractivity contribution in [3.05, 3.63) is 30.4 Å². The zero-order valence-electron chi connectivity index (χ0n) is 8.36. The van der Waals surface area contributed by atoms with Crippen LogP contribution in [0.25, 0.3) is 0 Å². The Hall–Kier alpha value is -2.44. The number of aryl methyl sites for hydroxylation is 1. The number of pyridine rings is 1. The molecule has 2 aromatic rings. The predicted octanol–water partition coefficient (Wildman–Crippen LogP) is 0.701. The minimum atomic E-state index is -1.09. The normalized spacial score (nSPS) is 10.1. The van der Waals surface area contributed by atoms with Crippen molar-refractivity contribution in [1.29, 1.82) is 0 Å². The number of carboxylic acid groups (broad SMARTS) is 1. The molecule has 0 aliphatic rings. The largest absolute Gasteiger partial charge is 0.478 e. The van der Waals surface area contributed by atoms with Gasteiger partial charge in [-0.3, -0.25) is 9.67 Å². The van der Waals surface area contributed by atoms with E-state index in [1.165, 1.54) is 29.5 Å². The van der Waals surface area contributed by atoms with Crippen LogP contribution < -0.4 is 4.74 Å². The van der Waals surface area contributed by atoms with Crippen molar-refractivity contribution in [2.45, 2.75) is 0 Å². The molecule has 16 heavy (non-hydrogen) atoms. The van der Waals surface area contributed by atoms with Crippen molar-refractivity contribution in [3.8, 4) is 11.8 Å². The summed E-state index contributed by atoms with van der Waals surface area (Å²) in [5.41, 5.74) is 0.0162. The first kappa shape index (κ1) is 10.1. The minimum Gasteiger partial charge on any atom is -0.478 e. The third kappa shape index (κ3) is 1.97. The van der Waals surface area contributed by atoms with Crippen LogP contribution in [0.3, 0.4) is 0 Å². The van der Waals surface area contributed by atoms with E-state index in [0.717, 1.165) is 0 Å². The van der Waals surface area contributed by atoms with E-state index in [1.807, 2.05) is 0 Å². The van der Waals surface area contributed by atoms with E-state index in [2.05, 4.69) is 15.1 Å². The summed E-state index contributed by atoms with van der Waals surface area (Å²) in [4.78, 5) is 18.5. The Labute approximate surface area is 90.3 Å². The van der Waals surface area contributed by atoms with Crippen LogP contribution in [0.2, 0.25) is 0 Å². The first-order chi connectivity index (χ1) is 7.66. The summed E-state index contributed by atoms with van der Waals surface area (Å²) >= 11 is 0. The highest BCUT2D eigenvalue weighted by Crippen LogP contribution is 2.20. The molecule has 82 valence electrons. The Morgan fingerprint density at radius 2 is 2.38 bits per heavy atom. The van der Waals surface area contributed by atoms with Crippen LogP contribution in [-0.4, -0.2) is 30.8 Å². The number of aromatic carboxylic acids is 1. The van der Waals surface area contributed by atoms with Gasteiger partial charge in [0, 0.05) is 13.2 Å². The van der Waals surface area contributed by atoms with Gasteiger partial charge >= 0.3 is 12.0 Å². The van der Waals surface area contributed by atoms with Crippen molar-refractivity contribution < 1.29 is 14.6 Å². The van der Waals surface area contributed by atoms with Crippen LogP contribution in [0, 0.1) is 0 Å². The van der Waals surface area contributed by atoms with Crippen LogP contribution >= 0.6 is 0 Å². The van der Waals surface area contributed by atoms with Gasteiger partial charge < -0.3 is 9.84 Å². The fourth-order valence-electron chi connectivity index (χ4n) is 1.10. The second kappa shape index (κ2) is 3.97. The smallest absolute Gasteiger partial charge is 0.341 e. The van der Waals surface area contributed by atoms with E-state index < -0.39 is 5.97 Å². The molecule has 0 saturated carbocycles. The second-order valence-corrected chi connectivity index (χ2v) is 2.98. The van der Waals surface area contributed by atoms with Crippen molar-refractivity contribution >= 4 is 5.97 Å². The standard InChI is InChI=1S/C9H8N4O3/c1-13-5-11-9(12-13)16-7-4-10-3-2-6(7)8(14)15/h2-5H,1H3,(H,14,15). The minimum absolute atomic E-state index is 0.0162. The second-order valence-electron chi connectivity index (χ2n) is 2.98. The maximum atomic E-state index is 10.9. The van der Waals surface area contributed by atoms with Crippen LogP contribution in [0.15, 0.2) is 24.8 Å². The average Bonchev–Trinajstić information content (AvgIpc) is 2.64. The van der Waals surface area contributed by atoms with Gasteiger partial charge in [-0.2, -0.15) is 4.98 Å². The zero-order valence-corrected chi connectivity index (χ0v) is 8.36. The number of nitrogens with zero attached hydrogens (tertiary/aromatic N) is 4. The van der Waals surface area contributed by atoms with Gasteiger partial charge in [0.1, 0.15) is 11.9 Å². The monoisotopic (exact) mass is 220 g/mol. The predicted molar refractivity (Wildman–Crippen MR) is 52.3 cm³/mol.